The van der Waals surface area contributed by atoms with Crippen LogP contribution in [0.25, 0.3) is 11.1 Å². The van der Waals surface area contributed by atoms with Crippen molar-refractivity contribution in [3.8, 4) is 16.9 Å². The number of hydrogen-bond donors (Lipinski definition) is 2. The average molecular weight is 484 g/mol. The van der Waals surface area contributed by atoms with Crippen LogP contribution in [0.15, 0.2) is 24.5 Å². The summed E-state index contributed by atoms with van der Waals surface area (Å²) in [6.07, 6.45) is 10.0. The second-order valence-corrected chi connectivity index (χ2v) is 10.1. The smallest absolute Gasteiger partial charge is 0.259 e. The van der Waals surface area contributed by atoms with Gasteiger partial charge in [0.05, 0.1) is 24.6 Å². The van der Waals surface area contributed by atoms with Crippen LogP contribution in [-0.4, -0.2) is 40.1 Å². The molecule has 1 unspecified atom stereocenters. The normalized spacial score (nSPS) is 17.8. The van der Waals surface area contributed by atoms with Gasteiger partial charge in [-0.3, -0.25) is 15.1 Å². The first-order valence-electron chi connectivity index (χ1n) is 11.2. The fraction of sp³-hybridized carbons (Fsp3) is 0.417. The minimum atomic E-state index is -0.261. The molecule has 1 saturated carbocycles. The van der Waals surface area contributed by atoms with Gasteiger partial charge in [0.25, 0.3) is 5.91 Å². The lowest BCUT2D eigenvalue weighted by Crippen LogP contribution is -2.44. The van der Waals surface area contributed by atoms with Crippen molar-refractivity contribution in [2.45, 2.75) is 57.5 Å². The molecule has 2 N–H and O–H groups in total. The van der Waals surface area contributed by atoms with Crippen molar-refractivity contribution in [2.24, 2.45) is 0 Å². The maximum absolute atomic E-state index is 13.3. The van der Waals surface area contributed by atoms with E-state index in [0.29, 0.717) is 44.8 Å². The van der Waals surface area contributed by atoms with Crippen LogP contribution in [-0.2, 0) is 12.8 Å². The van der Waals surface area contributed by atoms with Gasteiger partial charge in [-0.15, -0.1) is 11.3 Å². The van der Waals surface area contributed by atoms with E-state index in [4.69, 9.17) is 21.3 Å². The Morgan fingerprint density at radius 1 is 1.15 bits per heavy atom. The monoisotopic (exact) mass is 483 g/mol. The number of thiazole rings is 1. The number of nitrogens with zero attached hydrogens (tertiary/aromatic N) is 3. The molecule has 33 heavy (non-hydrogen) atoms. The highest BCUT2D eigenvalue weighted by Gasteiger charge is 2.27. The third-order valence-corrected chi connectivity index (χ3v) is 7.61. The standard InChI is InChI=1S/C24H26ClN5O2S/c1-13-8-16(17-10-22(25)27-12-20(17)32-2)18(11-26-13)23(31)30-24-29-19-7-6-15(9-21(19)33-24)28-14-4-3-5-14/h8,10-12,14-15,28H,3-7,9H2,1-2H3,(H,29,30,31). The molecule has 0 spiro atoms. The number of rotatable bonds is 6. The van der Waals surface area contributed by atoms with Gasteiger partial charge in [-0.05, 0) is 51.2 Å². The highest BCUT2D eigenvalue weighted by molar-refractivity contribution is 7.15. The van der Waals surface area contributed by atoms with Crippen molar-refractivity contribution in [1.82, 2.24) is 20.3 Å². The van der Waals surface area contributed by atoms with Crippen LogP contribution in [0.2, 0.25) is 5.15 Å². The fourth-order valence-corrected chi connectivity index (χ4v) is 5.64. The van der Waals surface area contributed by atoms with Gasteiger partial charge in [0.2, 0.25) is 0 Å². The van der Waals surface area contributed by atoms with E-state index in [-0.39, 0.29) is 5.91 Å². The second-order valence-electron chi connectivity index (χ2n) is 8.66. The van der Waals surface area contributed by atoms with E-state index in [9.17, 15) is 4.79 Å². The van der Waals surface area contributed by atoms with Crippen LogP contribution < -0.4 is 15.4 Å². The summed E-state index contributed by atoms with van der Waals surface area (Å²) in [6.45, 7) is 1.88. The van der Waals surface area contributed by atoms with Crippen molar-refractivity contribution >= 4 is 34.0 Å². The number of halogens is 1. The number of nitrogens with one attached hydrogen (secondary N) is 2. The van der Waals surface area contributed by atoms with Gasteiger partial charge in [0.1, 0.15) is 10.9 Å². The van der Waals surface area contributed by atoms with E-state index in [1.165, 1.54) is 24.1 Å². The minimum Gasteiger partial charge on any atom is -0.494 e. The lowest BCUT2D eigenvalue weighted by atomic mass is 9.90. The lowest BCUT2D eigenvalue weighted by Gasteiger charge is -2.33. The van der Waals surface area contributed by atoms with Gasteiger partial charge in [-0.2, -0.15) is 0 Å². The highest BCUT2D eigenvalue weighted by Crippen LogP contribution is 2.35. The van der Waals surface area contributed by atoms with Gasteiger partial charge >= 0.3 is 0 Å². The summed E-state index contributed by atoms with van der Waals surface area (Å²) in [5.41, 5.74) is 3.70. The molecule has 0 saturated heterocycles. The molecule has 7 nitrogen and oxygen atoms in total. The van der Waals surface area contributed by atoms with Gasteiger partial charge < -0.3 is 10.1 Å². The summed E-state index contributed by atoms with van der Waals surface area (Å²) in [7, 11) is 1.56. The number of amides is 1. The van der Waals surface area contributed by atoms with Gasteiger partial charge in [-0.25, -0.2) is 9.97 Å². The summed E-state index contributed by atoms with van der Waals surface area (Å²) in [5.74, 6) is 0.275. The molecule has 3 heterocycles. The predicted molar refractivity (Wildman–Crippen MR) is 130 cm³/mol. The van der Waals surface area contributed by atoms with Crippen LogP contribution in [0.1, 0.15) is 52.3 Å². The first-order chi connectivity index (χ1) is 16.0. The maximum Gasteiger partial charge on any atom is 0.259 e. The molecule has 0 bridgehead atoms. The summed E-state index contributed by atoms with van der Waals surface area (Å²) < 4.78 is 5.46. The van der Waals surface area contributed by atoms with Crippen molar-refractivity contribution < 1.29 is 9.53 Å². The van der Waals surface area contributed by atoms with Gasteiger partial charge in [0, 0.05) is 40.0 Å². The molecule has 5 rings (SSSR count). The molecule has 0 radical (unpaired) electrons. The Kier molecular flexibility index (Phi) is 6.32. The van der Waals surface area contributed by atoms with Gasteiger partial charge in [0.15, 0.2) is 5.13 Å². The van der Waals surface area contributed by atoms with Crippen molar-refractivity contribution in [3.63, 3.8) is 0 Å². The number of aromatic nitrogens is 3. The van der Waals surface area contributed by atoms with E-state index < -0.39 is 0 Å². The Hall–Kier alpha value is -2.55. The molecule has 3 aromatic heterocycles. The Labute approximate surface area is 202 Å². The van der Waals surface area contributed by atoms with Crippen LogP contribution in [0.3, 0.4) is 0 Å². The zero-order valence-electron chi connectivity index (χ0n) is 18.7. The molecule has 1 atom stereocenters. The Bertz CT molecular complexity index is 1190. The summed E-state index contributed by atoms with van der Waals surface area (Å²) in [6, 6.07) is 4.73. The lowest BCUT2D eigenvalue weighted by molar-refractivity contribution is 0.102. The zero-order chi connectivity index (χ0) is 22.9. The number of hydrogen-bond acceptors (Lipinski definition) is 7. The second kappa shape index (κ2) is 9.37. The van der Waals surface area contributed by atoms with Crippen LogP contribution in [0.5, 0.6) is 5.75 Å². The molecule has 172 valence electrons. The molecule has 1 fully saturated rings. The Balaban J connectivity index is 1.38. The molecule has 3 aromatic rings. The summed E-state index contributed by atoms with van der Waals surface area (Å²) in [5, 5.41) is 7.72. The number of ether oxygens (including phenoxy) is 1. The summed E-state index contributed by atoms with van der Waals surface area (Å²) in [4.78, 5) is 27.7. The molecular formula is C24H26ClN5O2S. The number of pyridine rings is 2. The maximum atomic E-state index is 13.3. The molecule has 2 aliphatic rings. The average Bonchev–Trinajstić information content (AvgIpc) is 3.17. The molecule has 0 aromatic carbocycles. The third-order valence-electron chi connectivity index (χ3n) is 6.37. The van der Waals surface area contributed by atoms with Crippen molar-refractivity contribution in [2.75, 3.05) is 12.4 Å². The zero-order valence-corrected chi connectivity index (χ0v) is 20.2. The molecule has 1 amide bonds. The topological polar surface area (TPSA) is 89.0 Å². The highest BCUT2D eigenvalue weighted by atomic mass is 35.5. The molecule has 0 aliphatic heterocycles. The van der Waals surface area contributed by atoms with Crippen LogP contribution in [0, 0.1) is 6.92 Å². The Morgan fingerprint density at radius 3 is 2.76 bits per heavy atom. The Morgan fingerprint density at radius 2 is 2.00 bits per heavy atom. The largest absolute Gasteiger partial charge is 0.494 e. The number of fused-ring (bicyclic) bond motifs is 1. The molecule has 2 aliphatic carbocycles. The van der Waals surface area contributed by atoms with E-state index in [0.717, 1.165) is 30.7 Å². The number of anilines is 1. The predicted octanol–water partition coefficient (Wildman–Crippen LogP) is 4.82. The summed E-state index contributed by atoms with van der Waals surface area (Å²) >= 11 is 7.71. The van der Waals surface area contributed by atoms with E-state index in [2.05, 4.69) is 20.6 Å². The number of carbonyl (C=O) groups excluding carboxylic acids is 1. The number of aryl methyl sites for hydroxylation is 2. The molecular weight excluding hydrogens is 458 g/mol. The van der Waals surface area contributed by atoms with Crippen LogP contribution >= 0.6 is 22.9 Å². The van der Waals surface area contributed by atoms with Crippen molar-refractivity contribution in [3.05, 3.63) is 51.5 Å². The van der Waals surface area contributed by atoms with E-state index in [1.54, 1.807) is 36.9 Å². The SMILES string of the molecule is COc1cnc(Cl)cc1-c1cc(C)ncc1C(=O)Nc1nc2c(s1)CC(NC1CCC1)CC2. The quantitative estimate of drug-likeness (QED) is 0.488. The van der Waals surface area contributed by atoms with E-state index in [1.807, 2.05) is 13.0 Å². The number of methoxy groups -OCH3 is 1. The molecule has 9 heteroatoms. The third kappa shape index (κ3) is 4.74. The fourth-order valence-electron chi connectivity index (χ4n) is 4.40. The van der Waals surface area contributed by atoms with Gasteiger partial charge in [-0.1, -0.05) is 18.0 Å². The van der Waals surface area contributed by atoms with Crippen molar-refractivity contribution in [1.29, 1.82) is 0 Å². The minimum absolute atomic E-state index is 0.261. The van der Waals surface area contributed by atoms with E-state index >= 15 is 0 Å². The number of carbonyl (C=O) groups is 1. The van der Waals surface area contributed by atoms with Crippen LogP contribution in [0.4, 0.5) is 5.13 Å². The first-order valence-corrected chi connectivity index (χ1v) is 12.4. The first kappa shape index (κ1) is 22.3.